The van der Waals surface area contributed by atoms with E-state index in [0.29, 0.717) is 26.3 Å². The lowest BCUT2D eigenvalue weighted by Gasteiger charge is -2.35. The van der Waals surface area contributed by atoms with E-state index in [1.807, 2.05) is 65.3 Å². The van der Waals surface area contributed by atoms with Crippen molar-refractivity contribution in [3.8, 4) is 0 Å². The first kappa shape index (κ1) is 22.1. The highest BCUT2D eigenvalue weighted by atomic mass is 35.9. The fraction of sp³-hybridized carbons (Fsp3) is 0.294. The molecule has 2 aromatic rings. The molecule has 2 aliphatic rings. The number of nitrogens with zero attached hydrogens (tertiary/aromatic N) is 4. The average Bonchev–Trinajstić information content (AvgIpc) is 2.68. The first-order valence-electron chi connectivity index (χ1n) is 9.01. The third-order valence-corrected chi connectivity index (χ3v) is 15.9. The summed E-state index contributed by atoms with van der Waals surface area (Å²) in [5, 5.41) is 0. The maximum absolute atomic E-state index is 7.12. The maximum atomic E-state index is 7.12. The van der Waals surface area contributed by atoms with Crippen LogP contribution < -0.4 is 0 Å². The highest BCUT2D eigenvalue weighted by Crippen LogP contribution is 2.85. The monoisotopic (exact) mass is 510 g/mol. The molecule has 1 saturated heterocycles. The van der Waals surface area contributed by atoms with Gasteiger partial charge in [0.25, 0.3) is 5.91 Å². The Morgan fingerprint density at radius 1 is 0.759 bits per heavy atom. The maximum Gasteiger partial charge on any atom is 0.345 e. The lowest BCUT2D eigenvalue weighted by molar-refractivity contribution is 0.174. The molecule has 29 heavy (non-hydrogen) atoms. The van der Waals surface area contributed by atoms with Gasteiger partial charge in [0.05, 0.1) is 13.2 Å². The van der Waals surface area contributed by atoms with Crippen molar-refractivity contribution < 1.29 is 9.05 Å². The Morgan fingerprint density at radius 2 is 1.28 bits per heavy atom. The van der Waals surface area contributed by atoms with Crippen molar-refractivity contribution in [2.45, 2.75) is 19.5 Å². The van der Waals surface area contributed by atoms with E-state index >= 15 is 0 Å². The summed E-state index contributed by atoms with van der Waals surface area (Å²) in [5.41, 5.74) is 2.17. The molecule has 1 atom stereocenters. The van der Waals surface area contributed by atoms with Gasteiger partial charge in [-0.25, -0.2) is 4.67 Å². The Balaban J connectivity index is 1.79. The zero-order chi connectivity index (χ0) is 20.4. The van der Waals surface area contributed by atoms with Gasteiger partial charge in [-0.05, 0) is 51.3 Å². The number of hydrogen-bond acceptors (Lipinski definition) is 6. The summed E-state index contributed by atoms with van der Waals surface area (Å²) in [6.45, 7) is -0.964. The van der Waals surface area contributed by atoms with Gasteiger partial charge in [-0.3, -0.25) is 0 Å². The van der Waals surface area contributed by atoms with Crippen LogP contribution >= 0.6 is 54.0 Å². The largest absolute Gasteiger partial charge is 0.345 e. The second-order valence-electron chi connectivity index (χ2n) is 6.52. The van der Waals surface area contributed by atoms with E-state index in [9.17, 15) is 0 Å². The van der Waals surface area contributed by atoms with Gasteiger partial charge in [0.15, 0.2) is 0 Å². The number of benzene rings is 2. The normalized spacial score (nSPS) is 25.1. The number of hydrogen-bond donors (Lipinski definition) is 0. The molecule has 12 heteroatoms. The molecule has 0 amide bonds. The standard InChI is InChI=1S/C17H20Cl3N4O2P3/c18-27(19)21-28(20,23-29(22-27)25-12-7-13-26-29)24(14-16-8-3-1-4-9-16)15-17-10-5-2-6-11-17/h1-6,8-11H,7,12-15H2. The Labute approximate surface area is 185 Å². The van der Waals surface area contributed by atoms with Gasteiger partial charge in [0.1, 0.15) is 0 Å². The van der Waals surface area contributed by atoms with E-state index in [0.717, 1.165) is 17.5 Å². The van der Waals surface area contributed by atoms with Crippen molar-refractivity contribution in [1.82, 2.24) is 4.67 Å². The molecule has 2 aromatic carbocycles. The number of rotatable bonds is 5. The second-order valence-corrected chi connectivity index (χ2v) is 17.3. The van der Waals surface area contributed by atoms with Crippen LogP contribution in [0.5, 0.6) is 0 Å². The molecule has 0 aliphatic carbocycles. The molecule has 156 valence electrons. The smallest absolute Gasteiger partial charge is 0.306 e. The van der Waals surface area contributed by atoms with Crippen LogP contribution in [0.2, 0.25) is 0 Å². The second kappa shape index (κ2) is 9.17. The zero-order valence-electron chi connectivity index (χ0n) is 15.4. The molecule has 1 fully saturated rings. The van der Waals surface area contributed by atoms with Crippen molar-refractivity contribution in [2.75, 3.05) is 13.2 Å². The minimum atomic E-state index is -3.08. The molecule has 4 rings (SSSR count). The lowest BCUT2D eigenvalue weighted by Crippen LogP contribution is -2.18. The van der Waals surface area contributed by atoms with Gasteiger partial charge in [-0.1, -0.05) is 60.7 Å². The van der Waals surface area contributed by atoms with Crippen LogP contribution in [0.4, 0.5) is 0 Å². The summed E-state index contributed by atoms with van der Waals surface area (Å²) in [6.07, 6.45) is 0.769. The fourth-order valence-electron chi connectivity index (χ4n) is 2.97. The average molecular weight is 512 g/mol. The van der Waals surface area contributed by atoms with E-state index in [1.54, 1.807) is 0 Å². The highest BCUT2D eigenvalue weighted by molar-refractivity contribution is 8.15. The molecular formula is C17H20Cl3N4O2P3. The summed E-state index contributed by atoms with van der Waals surface area (Å²) in [7, 11) is -2.97. The van der Waals surface area contributed by atoms with Gasteiger partial charge < -0.3 is 9.05 Å². The molecule has 0 radical (unpaired) electrons. The summed E-state index contributed by atoms with van der Waals surface area (Å²) in [5.74, 6) is -3.08. The molecule has 2 heterocycles. The van der Waals surface area contributed by atoms with Crippen molar-refractivity contribution in [2.24, 2.45) is 13.5 Å². The summed E-state index contributed by atoms with van der Waals surface area (Å²) in [4.78, 5) is 0. The predicted octanol–water partition coefficient (Wildman–Crippen LogP) is 8.69. The van der Waals surface area contributed by atoms with E-state index in [2.05, 4.69) is 9.03 Å². The first-order chi connectivity index (χ1) is 13.9. The summed E-state index contributed by atoms with van der Waals surface area (Å²) in [6, 6.07) is 20.1. The van der Waals surface area contributed by atoms with Crippen LogP contribution in [-0.2, 0) is 22.1 Å². The van der Waals surface area contributed by atoms with Gasteiger partial charge >= 0.3 is 7.66 Å². The van der Waals surface area contributed by atoms with Crippen LogP contribution in [0.25, 0.3) is 0 Å². The summed E-state index contributed by atoms with van der Waals surface area (Å²) >= 11 is 20.1. The Morgan fingerprint density at radius 3 is 1.79 bits per heavy atom. The molecular weight excluding hydrogens is 491 g/mol. The zero-order valence-corrected chi connectivity index (χ0v) is 20.3. The van der Waals surface area contributed by atoms with Gasteiger partial charge in [-0.15, -0.1) is 0 Å². The molecule has 1 spiro atoms. The van der Waals surface area contributed by atoms with E-state index in [1.165, 1.54) is 0 Å². The molecule has 0 N–H and O–H groups in total. The first-order valence-corrected chi connectivity index (χ1v) is 16.6. The Bertz CT molecular complexity index is 979. The highest BCUT2D eigenvalue weighted by Gasteiger charge is 2.41. The Kier molecular flexibility index (Phi) is 6.98. The fourth-order valence-corrected chi connectivity index (χ4v) is 16.8. The SMILES string of the molecule is ClP1(Cl)=NP(Cl)(N(Cc2ccccc2)Cc2ccccc2)=NP2(=N1)OCCCO2. The van der Waals surface area contributed by atoms with Crippen molar-refractivity contribution in [3.63, 3.8) is 0 Å². The quantitative estimate of drug-likeness (QED) is 0.377. The van der Waals surface area contributed by atoms with Crippen LogP contribution in [0.1, 0.15) is 17.5 Å². The van der Waals surface area contributed by atoms with Crippen LogP contribution in [-0.4, -0.2) is 17.9 Å². The molecule has 0 bridgehead atoms. The van der Waals surface area contributed by atoms with Gasteiger partial charge in [0.2, 0.25) is 6.71 Å². The molecule has 0 saturated carbocycles. The van der Waals surface area contributed by atoms with E-state index in [-0.39, 0.29) is 0 Å². The predicted molar refractivity (Wildman–Crippen MR) is 124 cm³/mol. The van der Waals surface area contributed by atoms with E-state index < -0.39 is 20.3 Å². The molecule has 6 nitrogen and oxygen atoms in total. The minimum absolute atomic E-state index is 0.489. The van der Waals surface area contributed by atoms with Gasteiger partial charge in [0, 0.05) is 13.1 Å². The molecule has 0 aromatic heterocycles. The van der Waals surface area contributed by atoms with Crippen molar-refractivity contribution in [3.05, 3.63) is 71.8 Å². The third-order valence-electron chi connectivity index (χ3n) is 4.25. The number of halogens is 3. The Hall–Kier alpha value is -0.120. The van der Waals surface area contributed by atoms with Crippen LogP contribution in [0.15, 0.2) is 74.2 Å². The lowest BCUT2D eigenvalue weighted by atomic mass is 10.2. The minimum Gasteiger partial charge on any atom is -0.306 e. The molecule has 2 aliphatic heterocycles. The van der Waals surface area contributed by atoms with E-state index in [4.69, 9.17) is 47.3 Å². The van der Waals surface area contributed by atoms with Gasteiger partial charge in [-0.2, -0.15) is 13.5 Å². The van der Waals surface area contributed by atoms with Crippen molar-refractivity contribution in [1.29, 1.82) is 0 Å². The summed E-state index contributed by atoms with van der Waals surface area (Å²) < 4.78 is 27.5. The third kappa shape index (κ3) is 5.57. The molecule has 1 unspecified atom stereocenters. The van der Waals surface area contributed by atoms with Crippen LogP contribution in [0, 0.1) is 0 Å². The topological polar surface area (TPSA) is 58.8 Å². The van der Waals surface area contributed by atoms with Crippen molar-refractivity contribution >= 4 is 54.0 Å². The van der Waals surface area contributed by atoms with Crippen LogP contribution in [0.3, 0.4) is 0 Å².